The van der Waals surface area contributed by atoms with Crippen molar-refractivity contribution in [3.8, 4) is 5.75 Å². The summed E-state index contributed by atoms with van der Waals surface area (Å²) >= 11 is 0. The summed E-state index contributed by atoms with van der Waals surface area (Å²) in [5.41, 5.74) is 6.29. The predicted molar refractivity (Wildman–Crippen MR) is 71.0 cm³/mol. The Morgan fingerprint density at radius 2 is 2.05 bits per heavy atom. The van der Waals surface area contributed by atoms with Crippen molar-refractivity contribution in [3.05, 3.63) is 23.8 Å². The largest absolute Gasteiger partial charge is 0.495 e. The average molecular weight is 266 g/mol. The summed E-state index contributed by atoms with van der Waals surface area (Å²) < 4.78 is 9.85. The number of hydrogen-bond acceptors (Lipinski definition) is 5. The number of carbonyl (C=O) groups excluding carboxylic acids is 2. The van der Waals surface area contributed by atoms with Crippen LogP contribution in [-0.2, 0) is 9.53 Å². The molecule has 0 saturated heterocycles. The van der Waals surface area contributed by atoms with E-state index in [0.29, 0.717) is 11.4 Å². The maximum atomic E-state index is 11.7. The van der Waals surface area contributed by atoms with E-state index in [2.05, 4.69) is 5.32 Å². The molecule has 0 radical (unpaired) electrons. The highest BCUT2D eigenvalue weighted by Gasteiger charge is 2.12. The molecule has 0 fully saturated rings. The second-order valence-electron chi connectivity index (χ2n) is 4.26. The summed E-state index contributed by atoms with van der Waals surface area (Å²) in [5, 5.41) is 2.62. The molecule has 1 amide bonds. The Bertz CT molecular complexity index is 472. The lowest BCUT2D eigenvalue weighted by molar-refractivity contribution is -0.124. The Kier molecular flexibility index (Phi) is 5.17. The number of nitrogens with one attached hydrogen (secondary N) is 1. The first-order chi connectivity index (χ1) is 8.93. The van der Waals surface area contributed by atoms with Crippen LogP contribution in [0.2, 0.25) is 0 Å². The molecule has 6 nitrogen and oxygen atoms in total. The lowest BCUT2D eigenvalue weighted by atomic mass is 10.2. The van der Waals surface area contributed by atoms with Crippen LogP contribution < -0.4 is 15.8 Å². The number of nitrogens with two attached hydrogens (primary N) is 1. The van der Waals surface area contributed by atoms with Crippen LogP contribution in [-0.4, -0.2) is 31.6 Å². The number of ether oxygens (including phenoxy) is 2. The minimum atomic E-state index is -0.603. The van der Waals surface area contributed by atoms with E-state index < -0.39 is 5.97 Å². The van der Waals surface area contributed by atoms with Crippen molar-refractivity contribution >= 4 is 17.6 Å². The van der Waals surface area contributed by atoms with Crippen molar-refractivity contribution in [2.24, 2.45) is 0 Å². The second-order valence-corrected chi connectivity index (χ2v) is 4.26. The van der Waals surface area contributed by atoms with Crippen molar-refractivity contribution in [3.63, 3.8) is 0 Å². The van der Waals surface area contributed by atoms with Crippen LogP contribution in [0.3, 0.4) is 0 Å². The Balaban J connectivity index is 2.59. The number of carbonyl (C=O) groups is 2. The van der Waals surface area contributed by atoms with E-state index in [1.165, 1.54) is 19.2 Å². The molecule has 6 heteroatoms. The molecule has 1 aromatic carbocycles. The summed E-state index contributed by atoms with van der Waals surface area (Å²) in [7, 11) is 1.49. The fourth-order valence-electron chi connectivity index (χ4n) is 1.44. The SMILES string of the molecule is COc1ccc(C(=O)OCC(=O)NC(C)C)cc1N. The van der Waals surface area contributed by atoms with E-state index >= 15 is 0 Å². The van der Waals surface area contributed by atoms with Gasteiger partial charge in [-0.15, -0.1) is 0 Å². The normalized spacial score (nSPS) is 10.1. The van der Waals surface area contributed by atoms with Gasteiger partial charge < -0.3 is 20.5 Å². The van der Waals surface area contributed by atoms with Gasteiger partial charge in [0.05, 0.1) is 18.4 Å². The molecule has 1 aromatic rings. The number of methoxy groups -OCH3 is 1. The number of nitrogen functional groups attached to an aromatic ring is 1. The molecule has 0 spiro atoms. The predicted octanol–water partition coefficient (Wildman–Crippen LogP) is 0.959. The third-order valence-corrected chi connectivity index (χ3v) is 2.25. The molecule has 3 N–H and O–H groups in total. The highest BCUT2D eigenvalue weighted by atomic mass is 16.5. The zero-order valence-electron chi connectivity index (χ0n) is 11.2. The van der Waals surface area contributed by atoms with E-state index in [0.717, 1.165) is 0 Å². The highest BCUT2D eigenvalue weighted by Crippen LogP contribution is 2.22. The van der Waals surface area contributed by atoms with Crippen molar-refractivity contribution in [2.45, 2.75) is 19.9 Å². The topological polar surface area (TPSA) is 90.6 Å². The van der Waals surface area contributed by atoms with Crippen LogP contribution in [0.25, 0.3) is 0 Å². The Morgan fingerprint density at radius 1 is 1.37 bits per heavy atom. The van der Waals surface area contributed by atoms with Gasteiger partial charge in [0, 0.05) is 6.04 Å². The van der Waals surface area contributed by atoms with E-state index in [1.807, 2.05) is 13.8 Å². The highest BCUT2D eigenvalue weighted by molar-refractivity contribution is 5.92. The number of anilines is 1. The fourth-order valence-corrected chi connectivity index (χ4v) is 1.44. The first kappa shape index (κ1) is 14.8. The van der Waals surface area contributed by atoms with E-state index in [1.54, 1.807) is 6.07 Å². The van der Waals surface area contributed by atoms with Crippen molar-refractivity contribution in [1.29, 1.82) is 0 Å². The number of esters is 1. The van der Waals surface area contributed by atoms with Gasteiger partial charge in [-0.3, -0.25) is 4.79 Å². The Hall–Kier alpha value is -2.24. The molecule has 0 bridgehead atoms. The minimum absolute atomic E-state index is 0.00262. The molecule has 0 heterocycles. The summed E-state index contributed by atoms with van der Waals surface area (Å²) in [6.07, 6.45) is 0. The molecule has 19 heavy (non-hydrogen) atoms. The van der Waals surface area contributed by atoms with Crippen LogP contribution in [0.4, 0.5) is 5.69 Å². The summed E-state index contributed by atoms with van der Waals surface area (Å²) in [5.74, 6) is -0.466. The van der Waals surface area contributed by atoms with Crippen molar-refractivity contribution in [1.82, 2.24) is 5.32 Å². The monoisotopic (exact) mass is 266 g/mol. The average Bonchev–Trinajstić information content (AvgIpc) is 2.35. The van der Waals surface area contributed by atoms with E-state index in [-0.39, 0.29) is 24.1 Å². The molecular weight excluding hydrogens is 248 g/mol. The van der Waals surface area contributed by atoms with Crippen LogP contribution in [0.5, 0.6) is 5.75 Å². The molecule has 0 aliphatic heterocycles. The van der Waals surface area contributed by atoms with Crippen LogP contribution in [0, 0.1) is 0 Å². The zero-order valence-corrected chi connectivity index (χ0v) is 11.2. The van der Waals surface area contributed by atoms with Gasteiger partial charge in [0.2, 0.25) is 0 Å². The fraction of sp³-hybridized carbons (Fsp3) is 0.385. The van der Waals surface area contributed by atoms with Crippen LogP contribution in [0.1, 0.15) is 24.2 Å². The summed E-state index contributed by atoms with van der Waals surface area (Å²) in [6, 6.07) is 4.54. The van der Waals surface area contributed by atoms with E-state index in [9.17, 15) is 9.59 Å². The van der Waals surface area contributed by atoms with Crippen molar-refractivity contribution < 1.29 is 19.1 Å². The van der Waals surface area contributed by atoms with Gasteiger partial charge in [-0.2, -0.15) is 0 Å². The number of rotatable bonds is 5. The number of hydrogen-bond donors (Lipinski definition) is 2. The Morgan fingerprint density at radius 3 is 2.58 bits per heavy atom. The van der Waals surface area contributed by atoms with Gasteiger partial charge in [-0.05, 0) is 32.0 Å². The van der Waals surface area contributed by atoms with Gasteiger partial charge in [-0.1, -0.05) is 0 Å². The number of benzene rings is 1. The molecule has 0 aliphatic rings. The quantitative estimate of drug-likeness (QED) is 0.612. The molecular formula is C13H18N2O4. The second kappa shape index (κ2) is 6.63. The van der Waals surface area contributed by atoms with Gasteiger partial charge in [0.1, 0.15) is 5.75 Å². The van der Waals surface area contributed by atoms with Gasteiger partial charge >= 0.3 is 5.97 Å². The first-order valence-corrected chi connectivity index (χ1v) is 5.84. The molecule has 0 aliphatic carbocycles. The first-order valence-electron chi connectivity index (χ1n) is 5.84. The maximum absolute atomic E-state index is 11.7. The Labute approximate surface area is 111 Å². The molecule has 0 aromatic heterocycles. The lowest BCUT2D eigenvalue weighted by Gasteiger charge is -2.09. The zero-order chi connectivity index (χ0) is 14.4. The van der Waals surface area contributed by atoms with Gasteiger partial charge in [0.15, 0.2) is 6.61 Å². The molecule has 0 atom stereocenters. The third-order valence-electron chi connectivity index (χ3n) is 2.25. The molecule has 1 rings (SSSR count). The van der Waals surface area contributed by atoms with E-state index in [4.69, 9.17) is 15.2 Å². The number of amides is 1. The lowest BCUT2D eigenvalue weighted by Crippen LogP contribution is -2.33. The van der Waals surface area contributed by atoms with Gasteiger partial charge in [0.25, 0.3) is 5.91 Å². The standard InChI is InChI=1S/C13H18N2O4/c1-8(2)15-12(16)7-19-13(17)9-4-5-11(18-3)10(14)6-9/h4-6,8H,7,14H2,1-3H3,(H,15,16). The van der Waals surface area contributed by atoms with Crippen molar-refractivity contribution in [2.75, 3.05) is 19.5 Å². The minimum Gasteiger partial charge on any atom is -0.495 e. The molecule has 104 valence electrons. The van der Waals surface area contributed by atoms with Crippen LogP contribution in [0.15, 0.2) is 18.2 Å². The summed E-state index contributed by atoms with van der Waals surface area (Å²) in [6.45, 7) is 3.33. The molecule has 0 saturated carbocycles. The molecule has 0 unspecified atom stereocenters. The maximum Gasteiger partial charge on any atom is 0.338 e. The smallest absolute Gasteiger partial charge is 0.338 e. The summed E-state index contributed by atoms with van der Waals surface area (Å²) in [4.78, 5) is 23.0. The van der Waals surface area contributed by atoms with Crippen LogP contribution >= 0.6 is 0 Å². The van der Waals surface area contributed by atoms with Gasteiger partial charge in [-0.25, -0.2) is 4.79 Å². The third kappa shape index (κ3) is 4.50.